The van der Waals surface area contributed by atoms with E-state index in [-0.39, 0.29) is 4.75 Å². The normalized spacial score (nSPS) is 12.8. The summed E-state index contributed by atoms with van der Waals surface area (Å²) in [6.07, 6.45) is 0. The van der Waals surface area contributed by atoms with Crippen molar-refractivity contribution >= 4 is 10.0 Å². The second-order valence-electron chi connectivity index (χ2n) is 6.66. The second-order valence-corrected chi connectivity index (χ2v) is 10.5. The summed E-state index contributed by atoms with van der Waals surface area (Å²) in [5.74, 6) is 0. The Hall–Kier alpha value is -1.99. The minimum atomic E-state index is -1.35. The zero-order chi connectivity index (χ0) is 16.3. The minimum Gasteiger partial charge on any atom is -0.155 e. The van der Waals surface area contributed by atoms with Gasteiger partial charge in [-0.2, -0.15) is 10.0 Å². The molecule has 0 heterocycles. The standard InChI is InChI=1S/C22H24S/c1-22(2,3)23(19-13-7-4-8-14-19,20-15-9-5-10-16-20)21-17-11-6-12-18-21/h4-18H,1-3H3. The van der Waals surface area contributed by atoms with Crippen molar-refractivity contribution in [2.75, 3.05) is 0 Å². The van der Waals surface area contributed by atoms with Crippen LogP contribution in [0.2, 0.25) is 0 Å². The van der Waals surface area contributed by atoms with E-state index in [1.54, 1.807) is 0 Å². The highest BCUT2D eigenvalue weighted by Crippen LogP contribution is 2.75. The Morgan fingerprint density at radius 1 is 0.478 bits per heavy atom. The van der Waals surface area contributed by atoms with Gasteiger partial charge in [0.25, 0.3) is 0 Å². The van der Waals surface area contributed by atoms with E-state index in [1.807, 2.05) is 0 Å². The van der Waals surface area contributed by atoms with E-state index in [2.05, 4.69) is 112 Å². The summed E-state index contributed by atoms with van der Waals surface area (Å²) < 4.78 is 0.108. The average Bonchev–Trinajstić information content (AvgIpc) is 2.57. The summed E-state index contributed by atoms with van der Waals surface area (Å²) in [6.45, 7) is 7.11. The SMILES string of the molecule is CC(C)(C)S(c1ccccc1)(c1ccccc1)c1ccccc1. The number of hydrogen-bond acceptors (Lipinski definition) is 0. The quantitative estimate of drug-likeness (QED) is 0.499. The van der Waals surface area contributed by atoms with Crippen LogP contribution in [0.5, 0.6) is 0 Å². The first-order chi connectivity index (χ1) is 11.1. The van der Waals surface area contributed by atoms with Gasteiger partial charge < -0.3 is 0 Å². The summed E-state index contributed by atoms with van der Waals surface area (Å²) in [5, 5.41) is 0. The lowest BCUT2D eigenvalue weighted by Crippen LogP contribution is -2.26. The molecule has 0 saturated carbocycles. The Bertz CT molecular complexity index is 644. The summed E-state index contributed by atoms with van der Waals surface area (Å²) >= 11 is 0. The van der Waals surface area contributed by atoms with Gasteiger partial charge in [0.1, 0.15) is 0 Å². The van der Waals surface area contributed by atoms with Crippen molar-refractivity contribution in [3.05, 3.63) is 91.0 Å². The third-order valence-electron chi connectivity index (χ3n) is 4.21. The highest BCUT2D eigenvalue weighted by Gasteiger charge is 2.41. The first-order valence-electron chi connectivity index (χ1n) is 8.05. The van der Waals surface area contributed by atoms with Crippen LogP contribution < -0.4 is 0 Å². The molecule has 0 unspecified atom stereocenters. The molecule has 0 saturated heterocycles. The van der Waals surface area contributed by atoms with E-state index in [0.717, 1.165) is 0 Å². The molecular weight excluding hydrogens is 296 g/mol. The van der Waals surface area contributed by atoms with Crippen LogP contribution >= 0.6 is 10.0 Å². The highest BCUT2D eigenvalue weighted by molar-refractivity contribution is 8.34. The molecule has 0 bridgehead atoms. The van der Waals surface area contributed by atoms with E-state index in [1.165, 1.54) is 14.7 Å². The maximum Gasteiger partial charge on any atom is 0.00351 e. The molecule has 0 amide bonds. The zero-order valence-electron chi connectivity index (χ0n) is 14.1. The number of benzene rings is 3. The van der Waals surface area contributed by atoms with Gasteiger partial charge in [0.15, 0.2) is 0 Å². The lowest BCUT2D eigenvalue weighted by atomic mass is 10.2. The fourth-order valence-electron chi connectivity index (χ4n) is 3.34. The highest BCUT2D eigenvalue weighted by atomic mass is 32.3. The molecule has 0 nitrogen and oxygen atoms in total. The fourth-order valence-corrected chi connectivity index (χ4v) is 7.98. The molecule has 0 N–H and O–H groups in total. The van der Waals surface area contributed by atoms with E-state index in [0.29, 0.717) is 0 Å². The molecule has 3 aromatic rings. The Morgan fingerprint density at radius 2 is 0.739 bits per heavy atom. The molecule has 0 aromatic heterocycles. The van der Waals surface area contributed by atoms with E-state index >= 15 is 0 Å². The van der Waals surface area contributed by atoms with Crippen molar-refractivity contribution < 1.29 is 0 Å². The summed E-state index contributed by atoms with van der Waals surface area (Å²) in [5.41, 5.74) is 0. The maximum absolute atomic E-state index is 2.37. The van der Waals surface area contributed by atoms with Gasteiger partial charge in [-0.05, 0) is 51.1 Å². The smallest absolute Gasteiger partial charge is 0.00351 e. The van der Waals surface area contributed by atoms with Gasteiger partial charge in [0.05, 0.1) is 0 Å². The maximum atomic E-state index is 2.37. The molecule has 3 rings (SSSR count). The molecule has 118 valence electrons. The zero-order valence-corrected chi connectivity index (χ0v) is 14.9. The van der Waals surface area contributed by atoms with E-state index in [4.69, 9.17) is 0 Å². The fraction of sp³-hybridized carbons (Fsp3) is 0.182. The van der Waals surface area contributed by atoms with E-state index < -0.39 is 10.0 Å². The monoisotopic (exact) mass is 320 g/mol. The van der Waals surface area contributed by atoms with Crippen molar-refractivity contribution in [1.82, 2.24) is 0 Å². The van der Waals surface area contributed by atoms with Crippen LogP contribution in [0.3, 0.4) is 0 Å². The van der Waals surface area contributed by atoms with Crippen molar-refractivity contribution in [3.63, 3.8) is 0 Å². The molecule has 0 atom stereocenters. The molecule has 23 heavy (non-hydrogen) atoms. The first-order valence-corrected chi connectivity index (χ1v) is 9.68. The number of rotatable bonds is 3. The third kappa shape index (κ3) is 2.70. The average molecular weight is 321 g/mol. The molecule has 0 spiro atoms. The Morgan fingerprint density at radius 3 is 0.957 bits per heavy atom. The van der Waals surface area contributed by atoms with Gasteiger partial charge >= 0.3 is 0 Å². The molecule has 0 aliphatic carbocycles. The van der Waals surface area contributed by atoms with Crippen LogP contribution in [0.4, 0.5) is 0 Å². The van der Waals surface area contributed by atoms with Gasteiger partial charge in [-0.15, -0.1) is 0 Å². The van der Waals surface area contributed by atoms with Crippen LogP contribution in [0, 0.1) is 0 Å². The van der Waals surface area contributed by atoms with Gasteiger partial charge in [-0.3, -0.25) is 0 Å². The molecule has 0 aliphatic rings. The molecule has 0 aliphatic heterocycles. The van der Waals surface area contributed by atoms with Crippen LogP contribution in [0.1, 0.15) is 20.8 Å². The van der Waals surface area contributed by atoms with E-state index in [9.17, 15) is 0 Å². The Labute approximate surface area is 141 Å². The third-order valence-corrected chi connectivity index (χ3v) is 8.98. The summed E-state index contributed by atoms with van der Waals surface area (Å²) in [4.78, 5) is 4.26. The first kappa shape index (κ1) is 15.9. The van der Waals surface area contributed by atoms with Crippen LogP contribution in [-0.4, -0.2) is 4.75 Å². The van der Waals surface area contributed by atoms with Crippen molar-refractivity contribution in [2.24, 2.45) is 0 Å². The Kier molecular flexibility index (Phi) is 4.32. The molecule has 0 radical (unpaired) electrons. The van der Waals surface area contributed by atoms with Gasteiger partial charge in [0, 0.05) is 4.75 Å². The van der Waals surface area contributed by atoms with Crippen LogP contribution in [-0.2, 0) is 0 Å². The van der Waals surface area contributed by atoms with Gasteiger partial charge in [-0.25, -0.2) is 0 Å². The lowest BCUT2D eigenvalue weighted by molar-refractivity contribution is 0.776. The number of hydrogen-bond donors (Lipinski definition) is 0. The largest absolute Gasteiger partial charge is 0.155 e. The minimum absolute atomic E-state index is 0.108. The molecular formula is C22H24S. The Balaban J connectivity index is 2.41. The van der Waals surface area contributed by atoms with Crippen molar-refractivity contribution in [3.8, 4) is 0 Å². The van der Waals surface area contributed by atoms with Gasteiger partial charge in [-0.1, -0.05) is 75.4 Å². The molecule has 3 aromatic carbocycles. The molecule has 0 fully saturated rings. The van der Waals surface area contributed by atoms with Crippen molar-refractivity contribution in [1.29, 1.82) is 0 Å². The molecule has 1 heteroatoms. The van der Waals surface area contributed by atoms with Crippen LogP contribution in [0.15, 0.2) is 106 Å². The van der Waals surface area contributed by atoms with Crippen molar-refractivity contribution in [2.45, 2.75) is 40.2 Å². The topological polar surface area (TPSA) is 0 Å². The predicted octanol–water partition coefficient (Wildman–Crippen LogP) is 6.77. The summed E-state index contributed by atoms with van der Waals surface area (Å²) in [7, 11) is -1.35. The van der Waals surface area contributed by atoms with Crippen LogP contribution in [0.25, 0.3) is 0 Å². The van der Waals surface area contributed by atoms with Gasteiger partial charge in [0.2, 0.25) is 0 Å². The second kappa shape index (κ2) is 6.25. The predicted molar refractivity (Wildman–Crippen MR) is 101 cm³/mol. The lowest BCUT2D eigenvalue weighted by Gasteiger charge is -2.51. The summed E-state index contributed by atoms with van der Waals surface area (Å²) in [6, 6.07) is 33.0.